The molecule has 3 aromatic rings. The van der Waals surface area contributed by atoms with Crippen LogP contribution in [-0.4, -0.2) is 40.5 Å². The van der Waals surface area contributed by atoms with Gasteiger partial charge in [0.25, 0.3) is 5.91 Å². The van der Waals surface area contributed by atoms with E-state index in [1.165, 1.54) is 0 Å². The van der Waals surface area contributed by atoms with Gasteiger partial charge >= 0.3 is 6.09 Å². The zero-order valence-corrected chi connectivity index (χ0v) is 25.4. The lowest BCUT2D eigenvalue weighted by Crippen LogP contribution is -2.55. The Morgan fingerprint density at radius 2 is 1.59 bits per heavy atom. The molecule has 218 valence electrons. The van der Waals surface area contributed by atoms with Crippen LogP contribution in [0.4, 0.5) is 10.5 Å². The first kappa shape index (κ1) is 30.1. The van der Waals surface area contributed by atoms with Crippen molar-refractivity contribution < 1.29 is 19.1 Å². The summed E-state index contributed by atoms with van der Waals surface area (Å²) >= 11 is 0. The molecule has 0 heterocycles. The van der Waals surface area contributed by atoms with Crippen molar-refractivity contribution in [3.63, 3.8) is 0 Å². The Bertz CT molecular complexity index is 1440. The zero-order valence-electron chi connectivity index (χ0n) is 25.4. The summed E-state index contributed by atoms with van der Waals surface area (Å²) in [5.41, 5.74) is 2.83. The molecule has 1 fully saturated rings. The number of rotatable bonds is 8. The quantitative estimate of drug-likeness (QED) is 0.315. The lowest BCUT2D eigenvalue weighted by Gasteiger charge is -2.36. The average molecular weight is 558 g/mol. The number of nitrogens with zero attached hydrogens (tertiary/aromatic N) is 1. The van der Waals surface area contributed by atoms with Crippen molar-refractivity contribution >= 4 is 34.4 Å². The van der Waals surface area contributed by atoms with Gasteiger partial charge in [0.05, 0.1) is 0 Å². The number of benzene rings is 3. The van der Waals surface area contributed by atoms with Crippen molar-refractivity contribution in [2.24, 2.45) is 11.8 Å². The third-order valence-electron chi connectivity index (χ3n) is 7.67. The average Bonchev–Trinajstić information content (AvgIpc) is 3.61. The Morgan fingerprint density at radius 1 is 0.927 bits per heavy atom. The maximum absolute atomic E-state index is 14.4. The third kappa shape index (κ3) is 7.26. The van der Waals surface area contributed by atoms with Crippen LogP contribution in [0.3, 0.4) is 0 Å². The van der Waals surface area contributed by atoms with E-state index in [1.54, 1.807) is 25.7 Å². The number of anilines is 1. The molecule has 7 heteroatoms. The summed E-state index contributed by atoms with van der Waals surface area (Å²) in [4.78, 5) is 43.1. The van der Waals surface area contributed by atoms with Gasteiger partial charge < -0.3 is 20.3 Å². The minimum Gasteiger partial charge on any atom is -0.444 e. The fourth-order valence-corrected chi connectivity index (χ4v) is 5.13. The standard InChI is InChI=1S/C34H43N3O4/c1-20(2)29(36-33(40)41-34(6,7)8)32(39)37(28-18-23(28)5)30(26-14-13-21(3)22(4)17-26)31(38)35-27-16-15-24-11-9-10-12-25(24)19-27/h9-17,19-20,23,28-30H,18H2,1-8H3,(H,35,38)(H,36,40). The highest BCUT2D eigenvalue weighted by Gasteiger charge is 2.48. The molecule has 4 unspecified atom stereocenters. The van der Waals surface area contributed by atoms with E-state index in [0.717, 1.165) is 33.9 Å². The van der Waals surface area contributed by atoms with E-state index >= 15 is 0 Å². The van der Waals surface area contributed by atoms with Gasteiger partial charge in [0.1, 0.15) is 17.7 Å². The summed E-state index contributed by atoms with van der Waals surface area (Å²) in [6.45, 7) is 15.2. The molecule has 0 aromatic heterocycles. The summed E-state index contributed by atoms with van der Waals surface area (Å²) in [5, 5.41) is 7.99. The third-order valence-corrected chi connectivity index (χ3v) is 7.67. The molecule has 0 bridgehead atoms. The van der Waals surface area contributed by atoms with E-state index in [0.29, 0.717) is 5.69 Å². The number of hydrogen-bond donors (Lipinski definition) is 2. The molecule has 2 N–H and O–H groups in total. The van der Waals surface area contributed by atoms with Crippen molar-refractivity contribution in [1.82, 2.24) is 10.2 Å². The van der Waals surface area contributed by atoms with Crippen molar-refractivity contribution in [1.29, 1.82) is 0 Å². The SMILES string of the molecule is Cc1ccc(C(C(=O)Nc2ccc3ccccc3c2)N(C(=O)C(NC(=O)OC(C)(C)C)C(C)C)C2CC2C)cc1C. The van der Waals surface area contributed by atoms with Crippen molar-refractivity contribution in [3.8, 4) is 0 Å². The fourth-order valence-electron chi connectivity index (χ4n) is 5.13. The van der Waals surface area contributed by atoms with Gasteiger partial charge in [0.15, 0.2) is 0 Å². The van der Waals surface area contributed by atoms with Gasteiger partial charge in [-0.25, -0.2) is 4.79 Å². The molecule has 1 saturated carbocycles. The first-order valence-electron chi connectivity index (χ1n) is 14.4. The second-order valence-electron chi connectivity index (χ2n) is 12.7. The lowest BCUT2D eigenvalue weighted by molar-refractivity contribution is -0.142. The molecule has 0 radical (unpaired) electrons. The number of amides is 3. The number of ether oxygens (including phenoxy) is 1. The molecule has 1 aliphatic rings. The van der Waals surface area contributed by atoms with Gasteiger partial charge in [0.2, 0.25) is 5.91 Å². The Hall–Kier alpha value is -3.87. The predicted octanol–water partition coefficient (Wildman–Crippen LogP) is 6.92. The number of carbonyl (C=O) groups excluding carboxylic acids is 3. The van der Waals surface area contributed by atoms with Crippen LogP contribution in [0.25, 0.3) is 10.8 Å². The van der Waals surface area contributed by atoms with E-state index < -0.39 is 23.8 Å². The largest absolute Gasteiger partial charge is 0.444 e. The zero-order chi connectivity index (χ0) is 30.1. The van der Waals surface area contributed by atoms with Crippen LogP contribution in [-0.2, 0) is 14.3 Å². The molecule has 0 aliphatic heterocycles. The fraction of sp³-hybridized carbons (Fsp3) is 0.441. The molecule has 7 nitrogen and oxygen atoms in total. The summed E-state index contributed by atoms with van der Waals surface area (Å²) in [5.74, 6) is -0.584. The summed E-state index contributed by atoms with van der Waals surface area (Å²) < 4.78 is 5.48. The second kappa shape index (κ2) is 11.9. The second-order valence-corrected chi connectivity index (χ2v) is 12.7. The molecule has 41 heavy (non-hydrogen) atoms. The van der Waals surface area contributed by atoms with Crippen molar-refractivity contribution in [2.75, 3.05) is 5.32 Å². The topological polar surface area (TPSA) is 87.7 Å². The van der Waals surface area contributed by atoms with Gasteiger partial charge in [-0.3, -0.25) is 9.59 Å². The molecule has 3 aromatic carbocycles. The van der Waals surface area contributed by atoms with E-state index in [2.05, 4.69) is 17.6 Å². The highest BCUT2D eigenvalue weighted by molar-refractivity contribution is 6.00. The Kier molecular flexibility index (Phi) is 8.76. The van der Waals surface area contributed by atoms with E-state index in [4.69, 9.17) is 4.74 Å². The van der Waals surface area contributed by atoms with Gasteiger partial charge in [-0.2, -0.15) is 0 Å². The number of alkyl carbamates (subject to hydrolysis) is 1. The van der Waals surface area contributed by atoms with E-state index in [1.807, 2.05) is 88.4 Å². The smallest absolute Gasteiger partial charge is 0.408 e. The molecule has 1 aliphatic carbocycles. The molecule has 4 rings (SSSR count). The summed E-state index contributed by atoms with van der Waals surface area (Å²) in [6.07, 6.45) is 0.129. The van der Waals surface area contributed by atoms with Crippen LogP contribution in [0.15, 0.2) is 60.7 Å². The predicted molar refractivity (Wildman–Crippen MR) is 164 cm³/mol. The highest BCUT2D eigenvalue weighted by Crippen LogP contribution is 2.41. The van der Waals surface area contributed by atoms with Crippen LogP contribution in [0, 0.1) is 25.7 Å². The Balaban J connectivity index is 1.73. The van der Waals surface area contributed by atoms with Crippen LogP contribution in [0.1, 0.15) is 70.7 Å². The molecular weight excluding hydrogens is 514 g/mol. The first-order valence-corrected chi connectivity index (χ1v) is 14.4. The molecule has 0 saturated heterocycles. The highest BCUT2D eigenvalue weighted by atomic mass is 16.6. The summed E-state index contributed by atoms with van der Waals surface area (Å²) in [6, 6.07) is 17.8. The Labute approximate surface area is 243 Å². The number of carbonyl (C=O) groups is 3. The van der Waals surface area contributed by atoms with Crippen LogP contribution in [0.5, 0.6) is 0 Å². The normalized spacial score (nSPS) is 18.0. The number of aryl methyl sites for hydroxylation is 2. The van der Waals surface area contributed by atoms with Gasteiger partial charge in [-0.15, -0.1) is 0 Å². The molecule has 3 amide bonds. The van der Waals surface area contributed by atoms with Crippen LogP contribution >= 0.6 is 0 Å². The minimum atomic E-state index is -0.884. The number of fused-ring (bicyclic) bond motifs is 1. The molecule has 4 atom stereocenters. The van der Waals surface area contributed by atoms with Gasteiger partial charge in [-0.1, -0.05) is 69.3 Å². The van der Waals surface area contributed by atoms with E-state index in [-0.39, 0.29) is 29.7 Å². The number of nitrogens with one attached hydrogen (secondary N) is 2. The first-order chi connectivity index (χ1) is 19.2. The lowest BCUT2D eigenvalue weighted by atomic mass is 9.96. The van der Waals surface area contributed by atoms with Crippen molar-refractivity contribution in [3.05, 3.63) is 77.4 Å². The monoisotopic (exact) mass is 557 g/mol. The molecular formula is C34H43N3O4. The van der Waals surface area contributed by atoms with Crippen LogP contribution in [0.2, 0.25) is 0 Å². The van der Waals surface area contributed by atoms with Crippen molar-refractivity contribution in [2.45, 2.75) is 85.5 Å². The maximum atomic E-state index is 14.4. The summed E-state index contributed by atoms with van der Waals surface area (Å²) in [7, 11) is 0. The van der Waals surface area contributed by atoms with Crippen LogP contribution < -0.4 is 10.6 Å². The van der Waals surface area contributed by atoms with Gasteiger partial charge in [0, 0.05) is 11.7 Å². The maximum Gasteiger partial charge on any atom is 0.408 e. The minimum absolute atomic E-state index is 0.127. The number of hydrogen-bond acceptors (Lipinski definition) is 4. The Morgan fingerprint density at radius 3 is 2.17 bits per heavy atom. The van der Waals surface area contributed by atoms with E-state index in [9.17, 15) is 14.4 Å². The van der Waals surface area contributed by atoms with Gasteiger partial charge in [-0.05, 0) is 92.5 Å². The molecule has 0 spiro atoms.